The number of halogens is 1. The largest absolute Gasteiger partial charge is 0.364 e. The van der Waals surface area contributed by atoms with Gasteiger partial charge in [0.1, 0.15) is 0 Å². The van der Waals surface area contributed by atoms with E-state index in [2.05, 4.69) is 64.0 Å². The summed E-state index contributed by atoms with van der Waals surface area (Å²) in [4.78, 5) is 6.69. The Hall–Kier alpha value is -1.74. The standard InChI is InChI=1S/C17H17BrN2/c1-11-9-13(10-12(2)17(11)18)16(14-5-3-7-19-14)15-6-4-8-20-15/h3-10,16,19-20H,1-2H3. The molecule has 0 spiro atoms. The molecule has 0 aliphatic rings. The highest BCUT2D eigenvalue weighted by atomic mass is 79.9. The van der Waals surface area contributed by atoms with Gasteiger partial charge in [-0.2, -0.15) is 0 Å². The molecule has 0 bridgehead atoms. The van der Waals surface area contributed by atoms with Crippen LogP contribution in [0.15, 0.2) is 53.3 Å². The SMILES string of the molecule is Cc1cc(C(c2ccc[nH]2)c2ccc[nH]2)cc(C)c1Br. The van der Waals surface area contributed by atoms with E-state index < -0.39 is 0 Å². The average Bonchev–Trinajstić information content (AvgIpc) is 3.09. The minimum absolute atomic E-state index is 0.213. The fourth-order valence-corrected chi connectivity index (χ4v) is 2.95. The summed E-state index contributed by atoms with van der Waals surface area (Å²) in [5.41, 5.74) is 6.24. The average molecular weight is 329 g/mol. The molecule has 0 saturated heterocycles. The molecule has 0 amide bonds. The van der Waals surface area contributed by atoms with Gasteiger partial charge in [-0.25, -0.2) is 0 Å². The maximum atomic E-state index is 3.64. The zero-order valence-corrected chi connectivity index (χ0v) is 13.2. The highest BCUT2D eigenvalue weighted by molar-refractivity contribution is 9.10. The summed E-state index contributed by atoms with van der Waals surface area (Å²) in [7, 11) is 0. The summed E-state index contributed by atoms with van der Waals surface area (Å²) >= 11 is 3.64. The van der Waals surface area contributed by atoms with Crippen LogP contribution in [0, 0.1) is 13.8 Å². The topological polar surface area (TPSA) is 31.6 Å². The van der Waals surface area contributed by atoms with Crippen LogP contribution in [0.1, 0.15) is 34.0 Å². The minimum Gasteiger partial charge on any atom is -0.364 e. The monoisotopic (exact) mass is 328 g/mol. The third-order valence-electron chi connectivity index (χ3n) is 3.66. The Kier molecular flexibility index (Phi) is 3.53. The molecule has 0 unspecified atom stereocenters. The van der Waals surface area contributed by atoms with Crippen LogP contribution in [0.5, 0.6) is 0 Å². The highest BCUT2D eigenvalue weighted by Crippen LogP contribution is 2.33. The molecule has 0 fully saturated rings. The Morgan fingerprint density at radius 3 is 1.80 bits per heavy atom. The number of aromatic amines is 2. The predicted molar refractivity (Wildman–Crippen MR) is 86.1 cm³/mol. The van der Waals surface area contributed by atoms with Gasteiger partial charge in [-0.05, 0) is 54.8 Å². The maximum Gasteiger partial charge on any atom is 0.0641 e. The first-order valence-corrected chi connectivity index (χ1v) is 7.49. The van der Waals surface area contributed by atoms with Crippen molar-refractivity contribution in [1.82, 2.24) is 9.97 Å². The van der Waals surface area contributed by atoms with Crippen molar-refractivity contribution in [3.05, 3.63) is 81.3 Å². The number of nitrogens with one attached hydrogen (secondary N) is 2. The lowest BCUT2D eigenvalue weighted by atomic mass is 9.90. The van der Waals surface area contributed by atoms with Crippen LogP contribution in [-0.4, -0.2) is 9.97 Å². The van der Waals surface area contributed by atoms with Gasteiger partial charge in [0.2, 0.25) is 0 Å². The van der Waals surface area contributed by atoms with Crippen LogP contribution in [0.3, 0.4) is 0 Å². The van der Waals surface area contributed by atoms with Gasteiger partial charge in [0.05, 0.1) is 5.92 Å². The Labute approximate surface area is 127 Å². The number of aryl methyl sites for hydroxylation is 2. The summed E-state index contributed by atoms with van der Waals surface area (Å²) in [6.45, 7) is 4.28. The molecule has 3 heteroatoms. The minimum atomic E-state index is 0.213. The van der Waals surface area contributed by atoms with Crippen molar-refractivity contribution < 1.29 is 0 Å². The number of hydrogen-bond donors (Lipinski definition) is 2. The molecule has 2 heterocycles. The third kappa shape index (κ3) is 2.34. The molecule has 2 nitrogen and oxygen atoms in total. The van der Waals surface area contributed by atoms with E-state index in [1.54, 1.807) is 0 Å². The molecule has 2 N–H and O–H groups in total. The third-order valence-corrected chi connectivity index (χ3v) is 4.91. The van der Waals surface area contributed by atoms with Gasteiger partial charge < -0.3 is 9.97 Å². The molecule has 3 aromatic rings. The molecule has 0 atom stereocenters. The normalized spacial score (nSPS) is 11.2. The van der Waals surface area contributed by atoms with Crippen molar-refractivity contribution >= 4 is 15.9 Å². The number of rotatable bonds is 3. The highest BCUT2D eigenvalue weighted by Gasteiger charge is 2.19. The van der Waals surface area contributed by atoms with Gasteiger partial charge in [0.25, 0.3) is 0 Å². The summed E-state index contributed by atoms with van der Waals surface area (Å²) in [6.07, 6.45) is 3.95. The first kappa shape index (κ1) is 13.3. The van der Waals surface area contributed by atoms with Crippen molar-refractivity contribution in [3.63, 3.8) is 0 Å². The van der Waals surface area contributed by atoms with Crippen molar-refractivity contribution in [2.24, 2.45) is 0 Å². The van der Waals surface area contributed by atoms with E-state index >= 15 is 0 Å². The zero-order valence-electron chi connectivity index (χ0n) is 11.6. The molecule has 2 aromatic heterocycles. The summed E-state index contributed by atoms with van der Waals surface area (Å²) in [5, 5.41) is 0. The smallest absolute Gasteiger partial charge is 0.0641 e. The van der Waals surface area contributed by atoms with Crippen LogP contribution in [0.2, 0.25) is 0 Å². The Morgan fingerprint density at radius 1 is 0.900 bits per heavy atom. The molecular formula is C17H17BrN2. The van der Waals surface area contributed by atoms with Crippen LogP contribution in [0.25, 0.3) is 0 Å². The van der Waals surface area contributed by atoms with Crippen LogP contribution >= 0.6 is 15.9 Å². The molecule has 0 radical (unpaired) electrons. The Balaban J connectivity index is 2.16. The van der Waals surface area contributed by atoms with Gasteiger partial charge in [-0.15, -0.1) is 0 Å². The second kappa shape index (κ2) is 5.33. The van der Waals surface area contributed by atoms with Crippen LogP contribution < -0.4 is 0 Å². The molecule has 20 heavy (non-hydrogen) atoms. The van der Waals surface area contributed by atoms with Gasteiger partial charge in [-0.1, -0.05) is 28.1 Å². The second-order valence-electron chi connectivity index (χ2n) is 5.15. The van der Waals surface area contributed by atoms with E-state index in [-0.39, 0.29) is 5.92 Å². The molecule has 0 aliphatic heterocycles. The summed E-state index contributed by atoms with van der Waals surface area (Å²) in [6, 6.07) is 12.9. The number of hydrogen-bond acceptors (Lipinski definition) is 0. The van der Waals surface area contributed by atoms with Gasteiger partial charge in [0.15, 0.2) is 0 Å². The summed E-state index contributed by atoms with van der Waals surface area (Å²) < 4.78 is 1.19. The lowest BCUT2D eigenvalue weighted by molar-refractivity contribution is 0.893. The molecule has 102 valence electrons. The van der Waals surface area contributed by atoms with Crippen molar-refractivity contribution in [2.45, 2.75) is 19.8 Å². The number of H-pyrrole nitrogens is 2. The predicted octanol–water partition coefficient (Wildman–Crippen LogP) is 4.90. The maximum absolute atomic E-state index is 3.64. The molecule has 0 saturated carbocycles. The van der Waals surface area contributed by atoms with Crippen molar-refractivity contribution in [3.8, 4) is 0 Å². The Bertz CT molecular complexity index is 639. The lowest BCUT2D eigenvalue weighted by Crippen LogP contribution is -2.05. The van der Waals surface area contributed by atoms with Gasteiger partial charge >= 0.3 is 0 Å². The van der Waals surface area contributed by atoms with Crippen LogP contribution in [0.4, 0.5) is 0 Å². The Morgan fingerprint density at radius 2 is 1.40 bits per heavy atom. The summed E-state index contributed by atoms with van der Waals surface area (Å²) in [5.74, 6) is 0.213. The fourth-order valence-electron chi connectivity index (χ4n) is 2.72. The molecule has 0 aliphatic carbocycles. The molecular weight excluding hydrogens is 312 g/mol. The molecule has 3 rings (SSSR count). The first-order chi connectivity index (χ1) is 9.66. The van der Waals surface area contributed by atoms with E-state index in [1.807, 2.05) is 24.5 Å². The van der Waals surface area contributed by atoms with E-state index in [4.69, 9.17) is 0 Å². The van der Waals surface area contributed by atoms with E-state index in [0.29, 0.717) is 0 Å². The zero-order chi connectivity index (χ0) is 14.1. The quantitative estimate of drug-likeness (QED) is 0.685. The number of aromatic nitrogens is 2. The van der Waals surface area contributed by atoms with Crippen LogP contribution in [-0.2, 0) is 0 Å². The van der Waals surface area contributed by atoms with Gasteiger partial charge in [-0.3, -0.25) is 0 Å². The first-order valence-electron chi connectivity index (χ1n) is 6.70. The fraction of sp³-hybridized carbons (Fsp3) is 0.176. The van der Waals surface area contributed by atoms with Crippen molar-refractivity contribution in [1.29, 1.82) is 0 Å². The second-order valence-corrected chi connectivity index (χ2v) is 5.95. The molecule has 1 aromatic carbocycles. The van der Waals surface area contributed by atoms with Crippen molar-refractivity contribution in [2.75, 3.05) is 0 Å². The van der Waals surface area contributed by atoms with E-state index in [9.17, 15) is 0 Å². The van der Waals surface area contributed by atoms with Gasteiger partial charge in [0, 0.05) is 28.3 Å². The number of benzene rings is 1. The lowest BCUT2D eigenvalue weighted by Gasteiger charge is -2.18. The van der Waals surface area contributed by atoms with E-state index in [1.165, 1.54) is 32.6 Å². The van der Waals surface area contributed by atoms with E-state index in [0.717, 1.165) is 0 Å².